The van der Waals surface area contributed by atoms with Gasteiger partial charge in [-0.3, -0.25) is 0 Å². The maximum atomic E-state index is 13.2. The van der Waals surface area contributed by atoms with Crippen LogP contribution in [-0.4, -0.2) is 7.05 Å². The van der Waals surface area contributed by atoms with Gasteiger partial charge in [0.25, 0.3) is 0 Å². The SMILES string of the molecule is CNC(Cc1cccc(F)c1)c1cc(I)ccc1Br. The van der Waals surface area contributed by atoms with Crippen molar-refractivity contribution in [3.8, 4) is 0 Å². The van der Waals surface area contributed by atoms with Crippen molar-refractivity contribution in [2.75, 3.05) is 7.05 Å². The van der Waals surface area contributed by atoms with Gasteiger partial charge in [0.15, 0.2) is 0 Å². The molecule has 2 rings (SSSR count). The molecule has 0 aliphatic carbocycles. The maximum Gasteiger partial charge on any atom is 0.123 e. The Morgan fingerprint density at radius 2 is 2.05 bits per heavy atom. The molecule has 0 aromatic heterocycles. The summed E-state index contributed by atoms with van der Waals surface area (Å²) >= 11 is 5.88. The fraction of sp³-hybridized carbons (Fsp3) is 0.200. The van der Waals surface area contributed by atoms with Gasteiger partial charge in [-0.2, -0.15) is 0 Å². The quantitative estimate of drug-likeness (QED) is 0.689. The van der Waals surface area contributed by atoms with Crippen LogP contribution in [0.3, 0.4) is 0 Å². The van der Waals surface area contributed by atoms with E-state index in [0.29, 0.717) is 0 Å². The summed E-state index contributed by atoms with van der Waals surface area (Å²) in [6.07, 6.45) is 0.757. The molecule has 100 valence electrons. The van der Waals surface area contributed by atoms with Gasteiger partial charge >= 0.3 is 0 Å². The molecule has 1 atom stereocenters. The molecule has 0 aliphatic heterocycles. The Labute approximate surface area is 134 Å². The standard InChI is InChI=1S/C15H14BrFIN/c1-19-15(8-10-3-2-4-11(17)7-10)13-9-12(18)5-6-14(13)16/h2-7,9,15,19H,8H2,1H3. The van der Waals surface area contributed by atoms with Crippen LogP contribution in [-0.2, 0) is 6.42 Å². The molecule has 2 aromatic rings. The zero-order valence-electron chi connectivity index (χ0n) is 10.5. The first-order chi connectivity index (χ1) is 9.10. The van der Waals surface area contributed by atoms with Crippen molar-refractivity contribution >= 4 is 38.5 Å². The van der Waals surface area contributed by atoms with Crippen LogP contribution in [0.25, 0.3) is 0 Å². The molecule has 0 amide bonds. The van der Waals surface area contributed by atoms with Gasteiger partial charge in [-0.15, -0.1) is 0 Å². The van der Waals surface area contributed by atoms with Gasteiger partial charge in [0, 0.05) is 14.1 Å². The summed E-state index contributed by atoms with van der Waals surface area (Å²) in [6.45, 7) is 0. The summed E-state index contributed by atoms with van der Waals surface area (Å²) in [5.41, 5.74) is 2.18. The molecule has 0 aliphatic rings. The number of nitrogens with one attached hydrogen (secondary N) is 1. The van der Waals surface area contributed by atoms with E-state index in [-0.39, 0.29) is 11.9 Å². The van der Waals surface area contributed by atoms with Crippen molar-refractivity contribution < 1.29 is 4.39 Å². The second kappa shape index (κ2) is 6.81. The van der Waals surface area contributed by atoms with E-state index in [2.05, 4.69) is 56.0 Å². The molecule has 0 spiro atoms. The number of rotatable bonds is 4. The number of hydrogen-bond donors (Lipinski definition) is 1. The predicted octanol–water partition coefficient (Wildman–Crippen LogP) is 4.70. The van der Waals surface area contributed by atoms with Crippen LogP contribution in [0.4, 0.5) is 4.39 Å². The van der Waals surface area contributed by atoms with E-state index < -0.39 is 0 Å². The second-order valence-corrected chi connectivity index (χ2v) is 6.44. The fourth-order valence-corrected chi connectivity index (χ4v) is 3.09. The van der Waals surface area contributed by atoms with E-state index in [1.165, 1.54) is 15.2 Å². The molecular formula is C15H14BrFIN. The smallest absolute Gasteiger partial charge is 0.123 e. The minimum Gasteiger partial charge on any atom is -0.313 e. The molecule has 0 saturated carbocycles. The van der Waals surface area contributed by atoms with Crippen molar-refractivity contribution in [1.82, 2.24) is 5.32 Å². The molecule has 1 N–H and O–H groups in total. The van der Waals surface area contributed by atoms with Crippen LogP contribution in [0.15, 0.2) is 46.9 Å². The number of hydrogen-bond acceptors (Lipinski definition) is 1. The molecular weight excluding hydrogens is 420 g/mol. The van der Waals surface area contributed by atoms with Gasteiger partial charge in [-0.1, -0.05) is 28.1 Å². The Balaban J connectivity index is 2.27. The van der Waals surface area contributed by atoms with Crippen LogP contribution in [0, 0.1) is 9.39 Å². The minimum absolute atomic E-state index is 0.158. The Kier molecular flexibility index (Phi) is 5.36. The highest BCUT2D eigenvalue weighted by Gasteiger charge is 2.14. The van der Waals surface area contributed by atoms with E-state index in [9.17, 15) is 4.39 Å². The first-order valence-corrected chi connectivity index (χ1v) is 7.84. The highest BCUT2D eigenvalue weighted by atomic mass is 127. The molecule has 1 unspecified atom stereocenters. The maximum absolute atomic E-state index is 13.2. The Morgan fingerprint density at radius 1 is 1.26 bits per heavy atom. The average molecular weight is 434 g/mol. The van der Waals surface area contributed by atoms with Crippen molar-refractivity contribution in [2.24, 2.45) is 0 Å². The molecule has 0 heterocycles. The predicted molar refractivity (Wildman–Crippen MR) is 88.8 cm³/mol. The van der Waals surface area contributed by atoms with Crippen LogP contribution >= 0.6 is 38.5 Å². The monoisotopic (exact) mass is 433 g/mol. The van der Waals surface area contributed by atoms with Crippen molar-refractivity contribution in [1.29, 1.82) is 0 Å². The van der Waals surface area contributed by atoms with Crippen LogP contribution < -0.4 is 5.32 Å². The number of halogens is 3. The zero-order chi connectivity index (χ0) is 13.8. The molecule has 19 heavy (non-hydrogen) atoms. The van der Waals surface area contributed by atoms with Gasteiger partial charge in [-0.05, 0) is 77.5 Å². The van der Waals surface area contributed by atoms with Crippen LogP contribution in [0.5, 0.6) is 0 Å². The lowest BCUT2D eigenvalue weighted by Crippen LogP contribution is -2.19. The highest BCUT2D eigenvalue weighted by molar-refractivity contribution is 14.1. The largest absolute Gasteiger partial charge is 0.313 e. The summed E-state index contributed by atoms with van der Waals surface area (Å²) in [7, 11) is 1.93. The average Bonchev–Trinajstić information content (AvgIpc) is 2.39. The first-order valence-electron chi connectivity index (χ1n) is 5.97. The van der Waals surface area contributed by atoms with Crippen LogP contribution in [0.2, 0.25) is 0 Å². The van der Waals surface area contributed by atoms with Gasteiger partial charge < -0.3 is 5.32 Å². The summed E-state index contributed by atoms with van der Waals surface area (Å²) in [6, 6.07) is 13.2. The van der Waals surface area contributed by atoms with Gasteiger partial charge in [0.1, 0.15) is 5.82 Å². The van der Waals surface area contributed by atoms with E-state index in [4.69, 9.17) is 0 Å². The topological polar surface area (TPSA) is 12.0 Å². The molecule has 0 bridgehead atoms. The molecule has 4 heteroatoms. The molecule has 0 saturated heterocycles. The summed E-state index contributed by atoms with van der Waals surface area (Å²) in [4.78, 5) is 0. The van der Waals surface area contributed by atoms with Crippen molar-refractivity contribution in [3.63, 3.8) is 0 Å². The third-order valence-electron chi connectivity index (χ3n) is 3.01. The van der Waals surface area contributed by atoms with Gasteiger partial charge in [0.2, 0.25) is 0 Å². The van der Waals surface area contributed by atoms with Gasteiger partial charge in [-0.25, -0.2) is 4.39 Å². The third kappa shape index (κ3) is 4.00. The van der Waals surface area contributed by atoms with E-state index in [1.54, 1.807) is 12.1 Å². The van der Waals surface area contributed by atoms with Crippen molar-refractivity contribution in [2.45, 2.75) is 12.5 Å². The first kappa shape index (κ1) is 14.9. The molecule has 0 radical (unpaired) electrons. The lowest BCUT2D eigenvalue weighted by Gasteiger charge is -2.18. The van der Waals surface area contributed by atoms with Crippen LogP contribution in [0.1, 0.15) is 17.2 Å². The minimum atomic E-state index is -0.186. The number of benzene rings is 2. The molecule has 2 aromatic carbocycles. The Morgan fingerprint density at radius 3 is 2.74 bits per heavy atom. The fourth-order valence-electron chi connectivity index (χ4n) is 2.05. The molecule has 0 fully saturated rings. The van der Waals surface area contributed by atoms with Crippen molar-refractivity contribution in [3.05, 3.63) is 67.5 Å². The lowest BCUT2D eigenvalue weighted by atomic mass is 9.99. The van der Waals surface area contributed by atoms with E-state index >= 15 is 0 Å². The summed E-state index contributed by atoms with van der Waals surface area (Å²) in [5.74, 6) is -0.186. The Hall–Kier alpha value is -0.460. The summed E-state index contributed by atoms with van der Waals surface area (Å²) < 4.78 is 15.5. The van der Waals surface area contributed by atoms with E-state index in [0.717, 1.165) is 16.5 Å². The molecule has 1 nitrogen and oxygen atoms in total. The van der Waals surface area contributed by atoms with E-state index in [1.807, 2.05) is 19.2 Å². The second-order valence-electron chi connectivity index (χ2n) is 4.34. The third-order valence-corrected chi connectivity index (χ3v) is 4.40. The normalized spacial score (nSPS) is 12.4. The lowest BCUT2D eigenvalue weighted by molar-refractivity contribution is 0.582. The summed E-state index contributed by atoms with van der Waals surface area (Å²) in [5, 5.41) is 3.30. The zero-order valence-corrected chi connectivity index (χ0v) is 14.2. The van der Waals surface area contributed by atoms with Gasteiger partial charge in [0.05, 0.1) is 0 Å². The number of likely N-dealkylation sites (N-methyl/N-ethyl adjacent to an activating group) is 1. The Bertz CT molecular complexity index is 574. The highest BCUT2D eigenvalue weighted by Crippen LogP contribution is 2.27.